The number of carboxylic acid groups (broad SMARTS) is 1. The van der Waals surface area contributed by atoms with Gasteiger partial charge in [-0.1, -0.05) is 44.2 Å². The number of para-hydroxylation sites is 1. The van der Waals surface area contributed by atoms with E-state index in [1.807, 2.05) is 0 Å². The molecule has 21 nitrogen and oxygen atoms in total. The number of amides is 8. The number of carbonyl (C=O) groups excluding carboxylic acids is 8. The van der Waals surface area contributed by atoms with Crippen LogP contribution >= 0.6 is 0 Å². The van der Waals surface area contributed by atoms with E-state index in [0.717, 1.165) is 0 Å². The summed E-state index contributed by atoms with van der Waals surface area (Å²) in [6, 6.07) is 4.74. The van der Waals surface area contributed by atoms with Gasteiger partial charge in [-0.15, -0.1) is 0 Å². The minimum absolute atomic E-state index is 0.0566. The summed E-state index contributed by atoms with van der Waals surface area (Å²) in [5.41, 5.74) is 1.13. The third kappa shape index (κ3) is 10.7. The number of aliphatic carboxylic acids is 1. The normalized spacial score (nSPS) is 24.1. The molecule has 63 heavy (non-hydrogen) atoms. The summed E-state index contributed by atoms with van der Waals surface area (Å²) in [7, 11) is 0. The standard InChI is InChI=1S/C42H51N9O12/c1-21(2)34-39(59)43-18-33(55)45-29(20-52)37(57)47-28(42(62)63)17-23-19-51(30-7-4-3-6-25(23)30)35(40(60)48-34)49-36(56)27(16-22-9-11-24(53)12-10-22)46-38(58)31-8-5-15-50(31)41(61)26-13-14-32(54)44-26/h3-4,6-7,9-12,19,21,26-29,31,34-35,52-53H,5,8,13-18,20H2,1-2H3,(H,43,59)(H,44,54)(H,45,55)(H,46,58)(H,47,57)(H,48,60)(H,49,56)(H,62,63)/t26-,27-,28-,29+,31-,34+,35-/m1/s1. The Morgan fingerprint density at radius 2 is 1.59 bits per heavy atom. The Hall–Kier alpha value is -7.03. The number of carbonyl (C=O) groups is 9. The lowest BCUT2D eigenvalue weighted by atomic mass is 10.0. The molecule has 0 radical (unpaired) electrons. The fraction of sp³-hybridized carbons (Fsp3) is 0.452. The Morgan fingerprint density at radius 1 is 0.857 bits per heavy atom. The van der Waals surface area contributed by atoms with Crippen molar-refractivity contribution in [1.29, 1.82) is 0 Å². The number of benzene rings is 2. The van der Waals surface area contributed by atoms with E-state index in [9.17, 15) is 58.5 Å². The molecule has 336 valence electrons. The lowest BCUT2D eigenvalue weighted by Crippen LogP contribution is -2.58. The molecule has 4 heterocycles. The molecular weight excluding hydrogens is 823 g/mol. The number of hydrogen-bond donors (Lipinski definition) is 10. The summed E-state index contributed by atoms with van der Waals surface area (Å²) < 4.78 is 1.36. The lowest BCUT2D eigenvalue weighted by molar-refractivity contribution is -0.142. The van der Waals surface area contributed by atoms with Gasteiger partial charge in [-0.2, -0.15) is 0 Å². The van der Waals surface area contributed by atoms with Crippen molar-refractivity contribution in [3.63, 3.8) is 0 Å². The zero-order valence-corrected chi connectivity index (χ0v) is 34.6. The molecule has 6 rings (SSSR count). The van der Waals surface area contributed by atoms with E-state index in [1.165, 1.54) is 39.9 Å². The van der Waals surface area contributed by atoms with Crippen LogP contribution in [-0.2, 0) is 56.0 Å². The van der Waals surface area contributed by atoms with Crippen LogP contribution in [0, 0.1) is 5.92 Å². The van der Waals surface area contributed by atoms with Gasteiger partial charge < -0.3 is 62.0 Å². The number of carboxylic acids is 1. The van der Waals surface area contributed by atoms with Crippen molar-refractivity contribution in [1.82, 2.24) is 46.7 Å². The molecule has 7 atom stereocenters. The second-order valence-electron chi connectivity index (χ2n) is 16.1. The van der Waals surface area contributed by atoms with Gasteiger partial charge in [0.2, 0.25) is 41.4 Å². The molecule has 3 aliphatic heterocycles. The van der Waals surface area contributed by atoms with Crippen LogP contribution < -0.4 is 37.2 Å². The van der Waals surface area contributed by atoms with Crippen molar-refractivity contribution < 1.29 is 58.5 Å². The molecule has 0 spiro atoms. The Bertz CT molecular complexity index is 2280. The highest BCUT2D eigenvalue weighted by Crippen LogP contribution is 2.27. The average Bonchev–Trinajstić information content (AvgIpc) is 4.01. The van der Waals surface area contributed by atoms with Crippen LogP contribution in [-0.4, -0.2) is 134 Å². The first-order valence-electron chi connectivity index (χ1n) is 20.6. The number of nitrogens with zero attached hydrogens (tertiary/aromatic N) is 2. The highest BCUT2D eigenvalue weighted by molar-refractivity contribution is 5.99. The second kappa shape index (κ2) is 19.8. The highest BCUT2D eigenvalue weighted by atomic mass is 16.4. The molecule has 10 N–H and O–H groups in total. The maximum atomic E-state index is 14.7. The number of aromatic nitrogens is 1. The Labute approximate surface area is 360 Å². The monoisotopic (exact) mass is 873 g/mol. The molecule has 2 aromatic carbocycles. The van der Waals surface area contributed by atoms with E-state index < -0.39 is 109 Å². The van der Waals surface area contributed by atoms with Gasteiger partial charge in [-0.3, -0.25) is 38.4 Å². The molecular formula is C42H51N9O12. The third-order valence-corrected chi connectivity index (χ3v) is 11.3. The van der Waals surface area contributed by atoms with Crippen LogP contribution in [0.25, 0.3) is 10.9 Å². The van der Waals surface area contributed by atoms with Gasteiger partial charge >= 0.3 is 5.97 Å². The Kier molecular flexibility index (Phi) is 14.3. The Morgan fingerprint density at radius 3 is 2.25 bits per heavy atom. The molecule has 2 fully saturated rings. The zero-order chi connectivity index (χ0) is 45.5. The number of phenols is 1. The van der Waals surface area contributed by atoms with Crippen molar-refractivity contribution in [2.45, 2.75) is 94.8 Å². The van der Waals surface area contributed by atoms with E-state index in [1.54, 1.807) is 38.1 Å². The van der Waals surface area contributed by atoms with Crippen molar-refractivity contribution in [2.24, 2.45) is 5.92 Å². The summed E-state index contributed by atoms with van der Waals surface area (Å²) in [5.74, 6) is -7.98. The molecule has 8 amide bonds. The first-order valence-corrected chi connectivity index (χ1v) is 20.6. The number of hydrogen-bond acceptors (Lipinski definition) is 11. The van der Waals surface area contributed by atoms with E-state index >= 15 is 0 Å². The first-order chi connectivity index (χ1) is 30.0. The molecule has 2 bridgehead atoms. The summed E-state index contributed by atoms with van der Waals surface area (Å²) in [6.07, 6.45) is 0.415. The predicted molar refractivity (Wildman–Crippen MR) is 221 cm³/mol. The van der Waals surface area contributed by atoms with Crippen LogP contribution in [0.15, 0.2) is 54.7 Å². The van der Waals surface area contributed by atoms with E-state index in [0.29, 0.717) is 28.5 Å². The summed E-state index contributed by atoms with van der Waals surface area (Å²) in [6.45, 7) is 1.92. The summed E-state index contributed by atoms with van der Waals surface area (Å²) in [5, 5.41) is 48.3. The van der Waals surface area contributed by atoms with Crippen LogP contribution in [0.4, 0.5) is 0 Å². The van der Waals surface area contributed by atoms with Crippen molar-refractivity contribution in [3.8, 4) is 5.75 Å². The SMILES string of the molecule is CC(C)[C@@H]1NC(=O)[C@H](NC(=O)[C@@H](Cc2ccc(O)cc2)NC(=O)[C@H]2CCCN2C(=O)[C@H]2CCC(=O)N2)n2cc(c3ccccc32)C[C@H](C(=O)O)NC(=O)[C@H](CO)NC(=O)CNC1=O. The maximum Gasteiger partial charge on any atom is 0.326 e. The van der Waals surface area contributed by atoms with Gasteiger partial charge in [0.1, 0.15) is 42.0 Å². The van der Waals surface area contributed by atoms with Gasteiger partial charge in [0, 0.05) is 37.4 Å². The van der Waals surface area contributed by atoms with E-state index in [4.69, 9.17) is 0 Å². The summed E-state index contributed by atoms with van der Waals surface area (Å²) >= 11 is 0. The smallest absolute Gasteiger partial charge is 0.326 e. The number of nitrogens with one attached hydrogen (secondary N) is 7. The van der Waals surface area contributed by atoms with Crippen LogP contribution in [0.3, 0.4) is 0 Å². The average molecular weight is 874 g/mol. The quantitative estimate of drug-likeness (QED) is 0.104. The number of aromatic hydroxyl groups is 1. The van der Waals surface area contributed by atoms with Gasteiger partial charge in [0.25, 0.3) is 5.91 Å². The number of likely N-dealkylation sites (tertiary alicyclic amines) is 1. The van der Waals surface area contributed by atoms with Gasteiger partial charge in [-0.05, 0) is 54.5 Å². The fourth-order valence-corrected chi connectivity index (χ4v) is 7.97. The number of fused-ring (bicyclic) bond motifs is 5. The minimum Gasteiger partial charge on any atom is -0.508 e. The van der Waals surface area contributed by atoms with Gasteiger partial charge in [0.15, 0.2) is 6.17 Å². The van der Waals surface area contributed by atoms with Crippen LogP contribution in [0.2, 0.25) is 0 Å². The molecule has 21 heteroatoms. The van der Waals surface area contributed by atoms with Crippen molar-refractivity contribution in [3.05, 3.63) is 65.9 Å². The molecule has 3 aliphatic rings. The topological polar surface area (TPSA) is 307 Å². The zero-order valence-electron chi connectivity index (χ0n) is 34.6. The summed E-state index contributed by atoms with van der Waals surface area (Å²) in [4.78, 5) is 122. The molecule has 0 unspecified atom stereocenters. The molecule has 0 saturated carbocycles. The van der Waals surface area contributed by atoms with Crippen molar-refractivity contribution in [2.75, 3.05) is 19.7 Å². The number of aliphatic hydroxyl groups excluding tert-OH is 1. The van der Waals surface area contributed by atoms with Crippen LogP contribution in [0.5, 0.6) is 5.75 Å². The number of rotatable bonds is 10. The molecule has 2 saturated heterocycles. The predicted octanol–water partition coefficient (Wildman–Crippen LogP) is -2.18. The largest absolute Gasteiger partial charge is 0.508 e. The Balaban J connectivity index is 1.39. The lowest BCUT2D eigenvalue weighted by Gasteiger charge is -2.30. The van der Waals surface area contributed by atoms with Gasteiger partial charge in [-0.25, -0.2) is 4.79 Å². The minimum atomic E-state index is -1.68. The third-order valence-electron chi connectivity index (χ3n) is 11.3. The molecule has 1 aromatic heterocycles. The van der Waals surface area contributed by atoms with E-state index in [-0.39, 0.29) is 50.3 Å². The maximum absolute atomic E-state index is 14.7. The first kappa shape index (κ1) is 45.5. The number of aliphatic hydroxyl groups is 1. The van der Waals surface area contributed by atoms with Crippen LogP contribution in [0.1, 0.15) is 56.8 Å². The molecule has 0 aliphatic carbocycles. The number of phenolic OH excluding ortho intramolecular Hbond substituents is 1. The fourth-order valence-electron chi connectivity index (χ4n) is 7.97. The molecule has 3 aromatic rings. The highest BCUT2D eigenvalue weighted by Gasteiger charge is 2.41. The van der Waals surface area contributed by atoms with Gasteiger partial charge in [0.05, 0.1) is 18.7 Å². The second-order valence-corrected chi connectivity index (χ2v) is 16.1. The van der Waals surface area contributed by atoms with Crippen molar-refractivity contribution >= 4 is 64.1 Å². The van der Waals surface area contributed by atoms with E-state index in [2.05, 4.69) is 37.2 Å².